The van der Waals surface area contributed by atoms with E-state index in [1.165, 1.54) is 4.90 Å². The van der Waals surface area contributed by atoms with Crippen LogP contribution in [0.1, 0.15) is 26.3 Å². The van der Waals surface area contributed by atoms with E-state index in [9.17, 15) is 18.0 Å². The molecule has 7 nitrogen and oxygen atoms in total. The van der Waals surface area contributed by atoms with Gasteiger partial charge in [0.05, 0.1) is 11.9 Å². The molecule has 0 bridgehead atoms. The van der Waals surface area contributed by atoms with Crippen molar-refractivity contribution in [1.82, 2.24) is 10.2 Å². The van der Waals surface area contributed by atoms with Gasteiger partial charge >= 0.3 is 0 Å². The highest BCUT2D eigenvalue weighted by atomic mass is 79.9. The van der Waals surface area contributed by atoms with Crippen molar-refractivity contribution in [2.75, 3.05) is 23.7 Å². The number of anilines is 1. The first kappa shape index (κ1) is 27.1. The second-order valence-corrected chi connectivity index (χ2v) is 11.4. The summed E-state index contributed by atoms with van der Waals surface area (Å²) in [6, 6.07) is 12.9. The van der Waals surface area contributed by atoms with Crippen molar-refractivity contribution in [3.8, 4) is 0 Å². The summed E-state index contributed by atoms with van der Waals surface area (Å²) in [6.07, 6.45) is 1.04. The Bertz CT molecular complexity index is 1090. The number of carbonyl (C=O) groups is 2. The van der Waals surface area contributed by atoms with Crippen LogP contribution in [-0.2, 0) is 26.2 Å². The van der Waals surface area contributed by atoms with Crippen molar-refractivity contribution in [3.63, 3.8) is 0 Å². The van der Waals surface area contributed by atoms with Crippen molar-refractivity contribution in [3.05, 3.63) is 63.6 Å². The third-order valence-corrected chi connectivity index (χ3v) is 6.93. The molecule has 0 fully saturated rings. The second kappa shape index (κ2) is 11.9. The van der Waals surface area contributed by atoms with Gasteiger partial charge in [0.25, 0.3) is 0 Å². The number of benzene rings is 2. The molecule has 0 aliphatic rings. The Labute approximate surface area is 209 Å². The highest BCUT2D eigenvalue weighted by molar-refractivity contribution is 9.10. The molecule has 2 rings (SSSR count). The zero-order valence-electron chi connectivity index (χ0n) is 19.1. The summed E-state index contributed by atoms with van der Waals surface area (Å²) in [5.74, 6) is -0.601. The number of hydrogen-bond donors (Lipinski definition) is 1. The minimum absolute atomic E-state index is 0.0604. The molecule has 0 saturated carbocycles. The van der Waals surface area contributed by atoms with Crippen LogP contribution in [0.4, 0.5) is 5.69 Å². The Morgan fingerprint density at radius 3 is 2.33 bits per heavy atom. The summed E-state index contributed by atoms with van der Waals surface area (Å²) in [5.41, 5.74) is 0.999. The Balaban J connectivity index is 2.38. The Morgan fingerprint density at radius 1 is 1.09 bits per heavy atom. The summed E-state index contributed by atoms with van der Waals surface area (Å²) in [4.78, 5) is 27.6. The average molecular weight is 559 g/mol. The highest BCUT2D eigenvalue weighted by Crippen LogP contribution is 2.24. The fourth-order valence-corrected chi connectivity index (χ4v) is 4.51. The zero-order valence-corrected chi connectivity index (χ0v) is 22.2. The Hall–Kier alpha value is -2.10. The van der Waals surface area contributed by atoms with E-state index in [2.05, 4.69) is 21.2 Å². The lowest BCUT2D eigenvalue weighted by atomic mass is 10.1. The number of hydrogen-bond acceptors (Lipinski definition) is 4. The van der Waals surface area contributed by atoms with Crippen molar-refractivity contribution < 1.29 is 18.0 Å². The van der Waals surface area contributed by atoms with E-state index in [0.717, 1.165) is 10.6 Å². The first-order chi connectivity index (χ1) is 15.4. The van der Waals surface area contributed by atoms with Crippen molar-refractivity contribution in [2.45, 2.75) is 33.4 Å². The SMILES string of the molecule is CC(C)CNC(=O)[C@@H](C)N(Cc1ccccc1Cl)C(=O)CN(c1cccc(Br)c1)S(C)(=O)=O. The lowest BCUT2D eigenvalue weighted by Gasteiger charge is -2.31. The van der Waals surface area contributed by atoms with Crippen LogP contribution in [0.2, 0.25) is 5.02 Å². The minimum atomic E-state index is -3.77. The maximum Gasteiger partial charge on any atom is 0.244 e. The topological polar surface area (TPSA) is 86.8 Å². The molecule has 2 aromatic carbocycles. The Kier molecular flexibility index (Phi) is 9.75. The number of halogens is 2. The maximum atomic E-state index is 13.4. The van der Waals surface area contributed by atoms with Gasteiger partial charge in [0, 0.05) is 22.6 Å². The van der Waals surface area contributed by atoms with Gasteiger partial charge in [0.15, 0.2) is 0 Å². The molecule has 1 atom stereocenters. The normalized spacial score (nSPS) is 12.3. The van der Waals surface area contributed by atoms with Crippen LogP contribution < -0.4 is 9.62 Å². The molecule has 180 valence electrons. The summed E-state index contributed by atoms with van der Waals surface area (Å²) >= 11 is 9.63. The molecule has 10 heteroatoms. The first-order valence-electron chi connectivity index (χ1n) is 10.4. The molecule has 0 heterocycles. The van der Waals surface area contributed by atoms with Gasteiger partial charge in [0.1, 0.15) is 12.6 Å². The monoisotopic (exact) mass is 557 g/mol. The molecule has 2 aromatic rings. The van der Waals surface area contributed by atoms with Crippen LogP contribution >= 0.6 is 27.5 Å². The number of nitrogens with one attached hydrogen (secondary N) is 1. The quantitative estimate of drug-likeness (QED) is 0.477. The Morgan fingerprint density at radius 2 is 1.76 bits per heavy atom. The first-order valence-corrected chi connectivity index (χ1v) is 13.5. The number of amides is 2. The van der Waals surface area contributed by atoms with Crippen LogP contribution in [0.3, 0.4) is 0 Å². The van der Waals surface area contributed by atoms with E-state index < -0.39 is 28.5 Å². The van der Waals surface area contributed by atoms with Gasteiger partial charge < -0.3 is 10.2 Å². The van der Waals surface area contributed by atoms with Gasteiger partial charge in [-0.1, -0.05) is 65.6 Å². The van der Waals surface area contributed by atoms with E-state index in [0.29, 0.717) is 27.3 Å². The standard InChI is InChI=1S/C23H29BrClN3O4S/c1-16(2)13-26-23(30)17(3)27(14-18-8-5-6-11-21(18)25)22(29)15-28(33(4,31)32)20-10-7-9-19(24)12-20/h5-12,16-17H,13-15H2,1-4H3,(H,26,30)/t17-/m1/s1. The number of nitrogens with zero attached hydrogens (tertiary/aromatic N) is 2. The fourth-order valence-electron chi connectivity index (χ4n) is 3.09. The number of rotatable bonds is 10. The van der Waals surface area contributed by atoms with E-state index in [4.69, 9.17) is 11.6 Å². The largest absolute Gasteiger partial charge is 0.354 e. The van der Waals surface area contributed by atoms with Crippen molar-refractivity contribution >= 4 is 55.1 Å². The van der Waals surface area contributed by atoms with Crippen molar-refractivity contribution in [1.29, 1.82) is 0 Å². The summed E-state index contributed by atoms with van der Waals surface area (Å²) in [6.45, 7) is 5.63. The minimum Gasteiger partial charge on any atom is -0.354 e. The molecule has 2 amide bonds. The van der Waals surface area contributed by atoms with Crippen LogP contribution in [0.5, 0.6) is 0 Å². The molecule has 0 unspecified atom stereocenters. The van der Waals surface area contributed by atoms with Crippen molar-refractivity contribution in [2.24, 2.45) is 5.92 Å². The van der Waals surface area contributed by atoms with Crippen LogP contribution in [0.25, 0.3) is 0 Å². The molecule has 0 aromatic heterocycles. The van der Waals surface area contributed by atoms with Crippen LogP contribution in [0, 0.1) is 5.92 Å². The smallest absolute Gasteiger partial charge is 0.244 e. The molecule has 0 radical (unpaired) electrons. The fraction of sp³-hybridized carbons (Fsp3) is 0.391. The summed E-state index contributed by atoms with van der Waals surface area (Å²) in [5, 5.41) is 3.29. The van der Waals surface area contributed by atoms with Gasteiger partial charge in [-0.05, 0) is 42.7 Å². The predicted molar refractivity (Wildman–Crippen MR) is 136 cm³/mol. The molecular weight excluding hydrogens is 530 g/mol. The predicted octanol–water partition coefficient (Wildman–Crippen LogP) is 4.06. The molecule has 0 spiro atoms. The molecule has 0 saturated heterocycles. The lowest BCUT2D eigenvalue weighted by molar-refractivity contribution is -0.139. The van der Waals surface area contributed by atoms with Crippen LogP contribution in [-0.4, -0.2) is 50.5 Å². The third-order valence-electron chi connectivity index (χ3n) is 4.93. The summed E-state index contributed by atoms with van der Waals surface area (Å²) < 4.78 is 26.8. The van der Waals surface area contributed by atoms with E-state index >= 15 is 0 Å². The molecule has 0 aliphatic carbocycles. The number of carbonyl (C=O) groups excluding carboxylic acids is 2. The molecular formula is C23H29BrClN3O4S. The van der Waals surface area contributed by atoms with Gasteiger partial charge in [-0.3, -0.25) is 13.9 Å². The van der Waals surface area contributed by atoms with Gasteiger partial charge in [-0.25, -0.2) is 8.42 Å². The summed E-state index contributed by atoms with van der Waals surface area (Å²) in [7, 11) is -3.77. The van der Waals surface area contributed by atoms with E-state index in [1.54, 1.807) is 55.5 Å². The second-order valence-electron chi connectivity index (χ2n) is 8.18. The number of sulfonamides is 1. The zero-order chi connectivity index (χ0) is 24.8. The van der Waals surface area contributed by atoms with Gasteiger partial charge in [-0.2, -0.15) is 0 Å². The average Bonchev–Trinajstić information content (AvgIpc) is 2.73. The van der Waals surface area contributed by atoms with Gasteiger partial charge in [-0.15, -0.1) is 0 Å². The van der Waals surface area contributed by atoms with E-state index in [1.807, 2.05) is 13.8 Å². The molecule has 0 aliphatic heterocycles. The molecule has 33 heavy (non-hydrogen) atoms. The lowest BCUT2D eigenvalue weighted by Crippen LogP contribution is -2.51. The van der Waals surface area contributed by atoms with Gasteiger partial charge in [0.2, 0.25) is 21.8 Å². The van der Waals surface area contributed by atoms with E-state index in [-0.39, 0.29) is 18.4 Å². The van der Waals surface area contributed by atoms with Crippen LogP contribution in [0.15, 0.2) is 53.0 Å². The third kappa shape index (κ3) is 8.01. The highest BCUT2D eigenvalue weighted by Gasteiger charge is 2.30. The maximum absolute atomic E-state index is 13.4. The molecule has 1 N–H and O–H groups in total.